The number of nitrogens with one attached hydrogen (secondary N) is 4. The maximum Gasteiger partial charge on any atom is 0.326 e. The molecule has 0 fully saturated rings. The van der Waals surface area contributed by atoms with Crippen LogP contribution in [0.1, 0.15) is 37.8 Å². The molecule has 0 aliphatic rings. The van der Waals surface area contributed by atoms with E-state index in [0.717, 1.165) is 0 Å². The number of carbonyl (C=O) groups excluding carboxylic acids is 4. The second-order valence-corrected chi connectivity index (χ2v) is 9.63. The number of carbonyl (C=O) groups is 5. The number of H-pyrrole nitrogens is 1. The van der Waals surface area contributed by atoms with E-state index >= 15 is 0 Å². The van der Waals surface area contributed by atoms with Crippen molar-refractivity contribution in [2.24, 2.45) is 27.9 Å². The SMILES string of the molecule is CSCCC(NC(=O)C(CCCN=C(N)N)NC(=O)C(Cc1cnc[nH]1)NC(=O)C(N)CCC(N)=O)C(=O)O. The number of aromatic amines is 1. The van der Waals surface area contributed by atoms with E-state index in [1.54, 1.807) is 6.26 Å². The highest BCUT2D eigenvalue weighted by Crippen LogP contribution is 2.07. The Kier molecular flexibility index (Phi) is 15.0. The Morgan fingerprint density at radius 1 is 1.00 bits per heavy atom. The highest BCUT2D eigenvalue weighted by Gasteiger charge is 2.30. The van der Waals surface area contributed by atoms with Gasteiger partial charge in [0.1, 0.15) is 18.1 Å². The fourth-order valence-corrected chi connectivity index (χ4v) is 3.81. The number of guanidine groups is 1. The summed E-state index contributed by atoms with van der Waals surface area (Å²) in [5.41, 5.74) is 22.1. The van der Waals surface area contributed by atoms with Crippen LogP contribution in [0.15, 0.2) is 17.5 Å². The van der Waals surface area contributed by atoms with Crippen molar-refractivity contribution in [2.45, 2.75) is 62.7 Å². The van der Waals surface area contributed by atoms with Gasteiger partial charge in [0.05, 0.1) is 12.4 Å². The summed E-state index contributed by atoms with van der Waals surface area (Å²) in [5.74, 6) is -3.63. The summed E-state index contributed by atoms with van der Waals surface area (Å²) in [6, 6.07) is -4.61. The molecule has 39 heavy (non-hydrogen) atoms. The maximum atomic E-state index is 13.3. The second kappa shape index (κ2) is 17.6. The molecule has 0 bridgehead atoms. The van der Waals surface area contributed by atoms with Gasteiger partial charge < -0.3 is 49.0 Å². The van der Waals surface area contributed by atoms with E-state index in [4.69, 9.17) is 22.9 Å². The molecule has 0 saturated carbocycles. The molecular weight excluding hydrogens is 532 g/mol. The standard InChI is InChI=1S/C22H38N10O6S/c1-39-8-6-15(21(37)38)31-19(35)14(3-2-7-28-22(25)26)30-20(36)16(9-12-10-27-11-29-12)32-18(34)13(23)4-5-17(24)33/h10-11,13-16H,2-9,23H2,1H3,(H2,24,33)(H,27,29)(H,30,36)(H,31,35)(H,32,34)(H,37,38)(H4,25,26,28). The largest absolute Gasteiger partial charge is 0.480 e. The molecule has 13 N–H and O–H groups in total. The number of primary amides is 1. The molecule has 1 heterocycles. The Morgan fingerprint density at radius 3 is 2.21 bits per heavy atom. The molecule has 16 nitrogen and oxygen atoms in total. The van der Waals surface area contributed by atoms with E-state index in [0.29, 0.717) is 11.4 Å². The lowest BCUT2D eigenvalue weighted by atomic mass is 10.1. The van der Waals surface area contributed by atoms with Crippen LogP contribution in [0.2, 0.25) is 0 Å². The van der Waals surface area contributed by atoms with Crippen LogP contribution in [0, 0.1) is 0 Å². The van der Waals surface area contributed by atoms with E-state index in [2.05, 4.69) is 30.9 Å². The summed E-state index contributed by atoms with van der Waals surface area (Å²) in [6.45, 7) is 0.167. The van der Waals surface area contributed by atoms with Crippen molar-refractivity contribution in [3.05, 3.63) is 18.2 Å². The molecule has 0 saturated heterocycles. The van der Waals surface area contributed by atoms with Crippen molar-refractivity contribution in [2.75, 3.05) is 18.6 Å². The molecule has 0 spiro atoms. The summed E-state index contributed by atoms with van der Waals surface area (Å²) in [5, 5.41) is 17.1. The van der Waals surface area contributed by atoms with Crippen LogP contribution in [0.5, 0.6) is 0 Å². The third kappa shape index (κ3) is 13.5. The summed E-state index contributed by atoms with van der Waals surface area (Å²) in [6.07, 6.45) is 5.04. The average molecular weight is 571 g/mol. The van der Waals surface area contributed by atoms with Crippen molar-refractivity contribution in [3.63, 3.8) is 0 Å². The zero-order valence-corrected chi connectivity index (χ0v) is 22.5. The Morgan fingerprint density at radius 2 is 1.64 bits per heavy atom. The van der Waals surface area contributed by atoms with Gasteiger partial charge in [-0.1, -0.05) is 0 Å². The normalized spacial score (nSPS) is 13.8. The number of carboxylic acid groups (broad SMARTS) is 1. The third-order valence-corrected chi connectivity index (χ3v) is 6.10. The molecular formula is C22H38N10O6S. The Labute approximate surface area is 229 Å². The first-order valence-corrected chi connectivity index (χ1v) is 13.5. The minimum atomic E-state index is -1.21. The monoisotopic (exact) mass is 570 g/mol. The van der Waals surface area contributed by atoms with Crippen molar-refractivity contribution in [1.29, 1.82) is 0 Å². The Bertz CT molecular complexity index is 986. The molecule has 1 rings (SSSR count). The number of aromatic nitrogens is 2. The molecule has 0 aliphatic carbocycles. The van der Waals surface area contributed by atoms with E-state index in [-0.39, 0.29) is 51.0 Å². The van der Waals surface area contributed by atoms with E-state index < -0.39 is 53.8 Å². The number of aliphatic carboxylic acids is 1. The fourth-order valence-electron chi connectivity index (χ4n) is 3.34. The summed E-state index contributed by atoms with van der Waals surface area (Å²) in [7, 11) is 0. The van der Waals surface area contributed by atoms with Gasteiger partial charge in [-0.3, -0.25) is 24.2 Å². The molecule has 4 amide bonds. The summed E-state index contributed by atoms with van der Waals surface area (Å²) >= 11 is 1.42. The zero-order chi connectivity index (χ0) is 29.4. The minimum Gasteiger partial charge on any atom is -0.480 e. The minimum absolute atomic E-state index is 0.0199. The van der Waals surface area contributed by atoms with Gasteiger partial charge in [0, 0.05) is 31.3 Å². The number of nitrogens with two attached hydrogens (primary N) is 4. The molecule has 17 heteroatoms. The number of amides is 4. The first kappa shape index (κ1) is 33.2. The van der Waals surface area contributed by atoms with Gasteiger partial charge in [-0.25, -0.2) is 9.78 Å². The molecule has 4 atom stereocenters. The smallest absolute Gasteiger partial charge is 0.326 e. The fraction of sp³-hybridized carbons (Fsp3) is 0.591. The molecule has 1 aromatic rings. The summed E-state index contributed by atoms with van der Waals surface area (Å²) in [4.78, 5) is 72.2. The van der Waals surface area contributed by atoms with Gasteiger partial charge in [-0.15, -0.1) is 0 Å². The van der Waals surface area contributed by atoms with Crippen LogP contribution in [0.3, 0.4) is 0 Å². The number of nitrogens with zero attached hydrogens (tertiary/aromatic N) is 2. The van der Waals surface area contributed by atoms with Crippen molar-refractivity contribution < 1.29 is 29.1 Å². The van der Waals surface area contributed by atoms with Gasteiger partial charge in [-0.2, -0.15) is 11.8 Å². The molecule has 0 aliphatic heterocycles. The van der Waals surface area contributed by atoms with Crippen molar-refractivity contribution in [1.82, 2.24) is 25.9 Å². The molecule has 4 unspecified atom stereocenters. The van der Waals surface area contributed by atoms with Gasteiger partial charge in [0.25, 0.3) is 0 Å². The average Bonchev–Trinajstić information content (AvgIpc) is 3.38. The quantitative estimate of drug-likeness (QED) is 0.0455. The lowest BCUT2D eigenvalue weighted by Crippen LogP contribution is -2.57. The van der Waals surface area contributed by atoms with Gasteiger partial charge in [0.2, 0.25) is 23.6 Å². The van der Waals surface area contributed by atoms with Gasteiger partial charge in [-0.05, 0) is 37.7 Å². The number of hydrogen-bond acceptors (Lipinski definition) is 9. The molecule has 0 radical (unpaired) electrons. The highest BCUT2D eigenvalue weighted by molar-refractivity contribution is 7.98. The van der Waals surface area contributed by atoms with Crippen molar-refractivity contribution in [3.8, 4) is 0 Å². The topological polar surface area (TPSA) is 287 Å². The van der Waals surface area contributed by atoms with Gasteiger partial charge >= 0.3 is 5.97 Å². The first-order chi connectivity index (χ1) is 18.4. The Balaban J connectivity index is 3.08. The molecule has 0 aromatic carbocycles. The first-order valence-electron chi connectivity index (χ1n) is 12.1. The lowest BCUT2D eigenvalue weighted by molar-refractivity contribution is -0.142. The number of carboxylic acids is 1. The maximum absolute atomic E-state index is 13.3. The predicted molar refractivity (Wildman–Crippen MR) is 145 cm³/mol. The van der Waals surface area contributed by atoms with E-state index in [9.17, 15) is 29.1 Å². The van der Waals surface area contributed by atoms with Crippen LogP contribution in [-0.2, 0) is 30.4 Å². The van der Waals surface area contributed by atoms with Crippen LogP contribution in [0.4, 0.5) is 0 Å². The lowest BCUT2D eigenvalue weighted by Gasteiger charge is -2.25. The molecule has 1 aromatic heterocycles. The number of imidazole rings is 1. The third-order valence-electron chi connectivity index (χ3n) is 5.45. The van der Waals surface area contributed by atoms with E-state index in [1.165, 1.54) is 24.3 Å². The van der Waals surface area contributed by atoms with Crippen LogP contribution in [0.25, 0.3) is 0 Å². The Hall–Kier alpha value is -3.86. The van der Waals surface area contributed by atoms with Crippen molar-refractivity contribution >= 4 is 47.3 Å². The van der Waals surface area contributed by atoms with Crippen LogP contribution < -0.4 is 38.9 Å². The molecule has 218 valence electrons. The van der Waals surface area contributed by atoms with E-state index in [1.807, 2.05) is 0 Å². The highest BCUT2D eigenvalue weighted by atomic mass is 32.2. The number of rotatable bonds is 19. The van der Waals surface area contributed by atoms with Crippen LogP contribution >= 0.6 is 11.8 Å². The number of hydrogen-bond donors (Lipinski definition) is 9. The predicted octanol–water partition coefficient (Wildman–Crippen LogP) is -3.11. The summed E-state index contributed by atoms with van der Waals surface area (Å²) < 4.78 is 0. The zero-order valence-electron chi connectivity index (χ0n) is 21.7. The van der Waals surface area contributed by atoms with Crippen LogP contribution in [-0.4, -0.2) is 93.4 Å². The number of thioether (sulfide) groups is 1. The second-order valence-electron chi connectivity index (χ2n) is 8.64. The van der Waals surface area contributed by atoms with Gasteiger partial charge in [0.15, 0.2) is 5.96 Å². The number of aliphatic imine (C=N–C) groups is 1.